The van der Waals surface area contributed by atoms with Crippen LogP contribution in [0.15, 0.2) is 48.6 Å². The van der Waals surface area contributed by atoms with E-state index in [0.29, 0.717) is 19.4 Å². The predicted molar refractivity (Wildman–Crippen MR) is 251 cm³/mol. The maximum absolute atomic E-state index is 12.7. The molecule has 0 saturated carbocycles. The van der Waals surface area contributed by atoms with Gasteiger partial charge in [-0.05, 0) is 77.0 Å². The Morgan fingerprint density at radius 1 is 0.397 bits per heavy atom. The molecule has 5 heteroatoms. The second-order valence-corrected chi connectivity index (χ2v) is 16.7. The molecule has 0 aliphatic heterocycles. The third-order valence-corrected chi connectivity index (χ3v) is 10.8. The molecule has 0 saturated heterocycles. The lowest BCUT2D eigenvalue weighted by molar-refractivity contribution is -0.163. The predicted octanol–water partition coefficient (Wildman–Crippen LogP) is 16.8. The van der Waals surface area contributed by atoms with E-state index in [1.165, 1.54) is 154 Å². The number of carbonyl (C=O) groups is 2. The van der Waals surface area contributed by atoms with E-state index in [2.05, 4.69) is 69.4 Å². The quantitative estimate of drug-likeness (QED) is 0.0348. The van der Waals surface area contributed by atoms with Gasteiger partial charge in [-0.1, -0.05) is 211 Å². The fourth-order valence-corrected chi connectivity index (χ4v) is 7.11. The molecule has 0 N–H and O–H groups in total. The number of allylic oxidation sites excluding steroid dienone is 8. The Labute approximate surface area is 361 Å². The molecule has 1 unspecified atom stereocenters. The molecule has 0 rings (SSSR count). The maximum Gasteiger partial charge on any atom is 0.306 e. The van der Waals surface area contributed by atoms with Crippen LogP contribution >= 0.6 is 0 Å². The molecule has 338 valence electrons. The Bertz CT molecular complexity index is 966. The summed E-state index contributed by atoms with van der Waals surface area (Å²) in [6.07, 6.45) is 59.9. The van der Waals surface area contributed by atoms with Crippen molar-refractivity contribution in [2.24, 2.45) is 0 Å². The number of hydrogen-bond acceptors (Lipinski definition) is 5. The molecule has 0 radical (unpaired) electrons. The van der Waals surface area contributed by atoms with Crippen LogP contribution in [0.25, 0.3) is 0 Å². The van der Waals surface area contributed by atoms with Crippen LogP contribution in [-0.4, -0.2) is 37.9 Å². The van der Waals surface area contributed by atoms with Crippen LogP contribution in [0.2, 0.25) is 0 Å². The summed E-state index contributed by atoms with van der Waals surface area (Å²) in [6, 6.07) is 0. The van der Waals surface area contributed by atoms with Crippen LogP contribution in [0.1, 0.15) is 252 Å². The zero-order chi connectivity index (χ0) is 42.1. The van der Waals surface area contributed by atoms with Crippen molar-refractivity contribution in [1.82, 2.24) is 0 Å². The highest BCUT2D eigenvalue weighted by molar-refractivity contribution is 5.70. The van der Waals surface area contributed by atoms with Gasteiger partial charge in [-0.25, -0.2) is 0 Å². The van der Waals surface area contributed by atoms with Gasteiger partial charge >= 0.3 is 11.9 Å². The van der Waals surface area contributed by atoms with E-state index in [-0.39, 0.29) is 25.2 Å². The molecule has 0 aromatic heterocycles. The fraction of sp³-hybridized carbons (Fsp3) is 0.811. The maximum atomic E-state index is 12.7. The Kier molecular flexibility index (Phi) is 47.4. The minimum absolute atomic E-state index is 0.0809. The molecule has 0 fully saturated rings. The van der Waals surface area contributed by atoms with Crippen LogP contribution in [0.5, 0.6) is 0 Å². The lowest BCUT2D eigenvalue weighted by Crippen LogP contribution is -2.30. The molecule has 0 aromatic rings. The van der Waals surface area contributed by atoms with Gasteiger partial charge in [-0.3, -0.25) is 9.59 Å². The minimum Gasteiger partial charge on any atom is -0.462 e. The molecule has 0 amide bonds. The van der Waals surface area contributed by atoms with Crippen LogP contribution in [0, 0.1) is 0 Å². The van der Waals surface area contributed by atoms with E-state index in [4.69, 9.17) is 14.2 Å². The van der Waals surface area contributed by atoms with Gasteiger partial charge in [0.1, 0.15) is 6.61 Å². The summed E-state index contributed by atoms with van der Waals surface area (Å²) in [7, 11) is 0. The van der Waals surface area contributed by atoms with Crippen molar-refractivity contribution >= 4 is 11.9 Å². The van der Waals surface area contributed by atoms with Crippen LogP contribution < -0.4 is 0 Å². The van der Waals surface area contributed by atoms with Crippen molar-refractivity contribution in [2.75, 3.05) is 19.8 Å². The molecule has 0 aliphatic carbocycles. The first-order valence-corrected chi connectivity index (χ1v) is 25.2. The van der Waals surface area contributed by atoms with Gasteiger partial charge in [-0.15, -0.1) is 0 Å². The highest BCUT2D eigenvalue weighted by atomic mass is 16.6. The number of rotatable bonds is 46. The third-order valence-electron chi connectivity index (χ3n) is 10.8. The first-order valence-electron chi connectivity index (χ1n) is 25.2. The van der Waals surface area contributed by atoms with Crippen LogP contribution in [0.4, 0.5) is 0 Å². The summed E-state index contributed by atoms with van der Waals surface area (Å²) in [6.45, 7) is 7.67. The van der Waals surface area contributed by atoms with Gasteiger partial charge in [-0.2, -0.15) is 0 Å². The fourth-order valence-electron chi connectivity index (χ4n) is 7.11. The van der Waals surface area contributed by atoms with E-state index >= 15 is 0 Å². The van der Waals surface area contributed by atoms with Crippen molar-refractivity contribution in [3.8, 4) is 0 Å². The SMILES string of the molecule is CC/C=C\C/C=C\C/C=C\CCCCCCCCOCC(COC(=O)CCCCCCCCCCC/C=C\CCCCCCCC)OC(=O)CCCCCCCCC. The van der Waals surface area contributed by atoms with Gasteiger partial charge in [0.05, 0.1) is 6.61 Å². The third kappa shape index (κ3) is 46.5. The van der Waals surface area contributed by atoms with E-state index in [1.807, 2.05) is 0 Å². The van der Waals surface area contributed by atoms with E-state index in [9.17, 15) is 9.59 Å². The van der Waals surface area contributed by atoms with Gasteiger partial charge < -0.3 is 14.2 Å². The van der Waals surface area contributed by atoms with Crippen molar-refractivity contribution in [3.63, 3.8) is 0 Å². The number of carbonyl (C=O) groups excluding carboxylic acids is 2. The van der Waals surface area contributed by atoms with E-state index in [0.717, 1.165) is 64.2 Å². The summed E-state index contributed by atoms with van der Waals surface area (Å²) in [5.41, 5.74) is 0. The molecule has 0 spiro atoms. The number of unbranched alkanes of at least 4 members (excludes halogenated alkanes) is 27. The summed E-state index contributed by atoms with van der Waals surface area (Å²) < 4.78 is 17.3. The standard InChI is InChI=1S/C53H96O5/c1-4-7-10-13-16-18-20-22-24-26-27-28-29-31-33-35-38-40-43-46-52(54)57-50-51(58-53(55)47-44-41-37-15-12-9-6-3)49-56-48-45-42-39-36-34-32-30-25-23-21-19-17-14-11-8-5-2/h8,11,17,19,22-25,51H,4-7,9-10,12-16,18,20-21,26-50H2,1-3H3/b11-8-,19-17-,24-22-,25-23-. The Morgan fingerprint density at radius 3 is 1.26 bits per heavy atom. The van der Waals surface area contributed by atoms with Crippen molar-refractivity contribution in [3.05, 3.63) is 48.6 Å². The molecule has 0 heterocycles. The molecular weight excluding hydrogens is 717 g/mol. The molecule has 0 bridgehead atoms. The van der Waals surface area contributed by atoms with Crippen LogP contribution in [-0.2, 0) is 23.8 Å². The minimum atomic E-state index is -0.538. The van der Waals surface area contributed by atoms with Gasteiger partial charge in [0, 0.05) is 19.4 Å². The molecule has 0 aromatic carbocycles. The largest absolute Gasteiger partial charge is 0.462 e. The number of esters is 2. The molecular formula is C53H96O5. The molecule has 58 heavy (non-hydrogen) atoms. The first kappa shape index (κ1) is 55.9. The highest BCUT2D eigenvalue weighted by Gasteiger charge is 2.17. The Hall–Kier alpha value is -2.14. The zero-order valence-electron chi connectivity index (χ0n) is 38.8. The zero-order valence-corrected chi connectivity index (χ0v) is 38.8. The molecule has 5 nitrogen and oxygen atoms in total. The second kappa shape index (κ2) is 49.2. The topological polar surface area (TPSA) is 61.8 Å². The van der Waals surface area contributed by atoms with Crippen LogP contribution in [0.3, 0.4) is 0 Å². The summed E-state index contributed by atoms with van der Waals surface area (Å²) in [5.74, 6) is -0.406. The number of ether oxygens (including phenoxy) is 3. The summed E-state index contributed by atoms with van der Waals surface area (Å²) in [5, 5.41) is 0. The highest BCUT2D eigenvalue weighted by Crippen LogP contribution is 2.14. The van der Waals surface area contributed by atoms with Crippen molar-refractivity contribution < 1.29 is 23.8 Å². The Balaban J connectivity index is 4.11. The van der Waals surface area contributed by atoms with Crippen molar-refractivity contribution in [2.45, 2.75) is 258 Å². The lowest BCUT2D eigenvalue weighted by Gasteiger charge is -2.18. The van der Waals surface area contributed by atoms with Gasteiger partial charge in [0.25, 0.3) is 0 Å². The normalized spacial score (nSPS) is 12.5. The monoisotopic (exact) mass is 813 g/mol. The lowest BCUT2D eigenvalue weighted by atomic mass is 10.1. The first-order chi connectivity index (χ1) is 28.6. The van der Waals surface area contributed by atoms with E-state index in [1.54, 1.807) is 0 Å². The average molecular weight is 813 g/mol. The van der Waals surface area contributed by atoms with Gasteiger partial charge in [0.15, 0.2) is 6.10 Å². The van der Waals surface area contributed by atoms with Crippen molar-refractivity contribution in [1.29, 1.82) is 0 Å². The summed E-state index contributed by atoms with van der Waals surface area (Å²) in [4.78, 5) is 25.2. The smallest absolute Gasteiger partial charge is 0.306 e. The molecule has 1 atom stereocenters. The van der Waals surface area contributed by atoms with E-state index < -0.39 is 6.10 Å². The number of hydrogen-bond donors (Lipinski definition) is 0. The van der Waals surface area contributed by atoms with Gasteiger partial charge in [0.2, 0.25) is 0 Å². The Morgan fingerprint density at radius 2 is 0.776 bits per heavy atom. The summed E-state index contributed by atoms with van der Waals surface area (Å²) >= 11 is 0. The average Bonchev–Trinajstić information content (AvgIpc) is 3.22. The second-order valence-electron chi connectivity index (χ2n) is 16.7. The molecule has 0 aliphatic rings.